The second-order valence-electron chi connectivity index (χ2n) is 5.86. The molecule has 3 aromatic rings. The zero-order chi connectivity index (χ0) is 16.9. The van der Waals surface area contributed by atoms with Crippen LogP contribution in [0.25, 0.3) is 11.4 Å². The van der Waals surface area contributed by atoms with Gasteiger partial charge in [-0.05, 0) is 23.1 Å². The fourth-order valence-corrected chi connectivity index (χ4v) is 2.47. The number of aromatic nitrogens is 4. The second-order valence-corrected chi connectivity index (χ2v) is 5.86. The standard InChI is InChI=1S/C19H20N4O/c1-3-14(2)15-9-11-16(12-10-15)18(24)13-23-21-19(20-22-23)17-7-5-4-6-8-17/h4-12,14H,3,13H2,1-2H3/t14-/m0/s1. The number of ketones is 1. The minimum absolute atomic E-state index is 0.0253. The summed E-state index contributed by atoms with van der Waals surface area (Å²) in [6, 6.07) is 17.4. The highest BCUT2D eigenvalue weighted by Gasteiger charge is 2.12. The Hall–Kier alpha value is -2.82. The topological polar surface area (TPSA) is 60.7 Å². The minimum Gasteiger partial charge on any atom is -0.292 e. The normalized spacial score (nSPS) is 12.1. The Morgan fingerprint density at radius 3 is 2.46 bits per heavy atom. The molecule has 0 saturated heterocycles. The number of rotatable bonds is 6. The van der Waals surface area contributed by atoms with Crippen molar-refractivity contribution in [3.63, 3.8) is 0 Å². The Bertz CT molecular complexity index is 809. The first-order chi connectivity index (χ1) is 11.7. The molecule has 122 valence electrons. The van der Waals surface area contributed by atoms with Crippen molar-refractivity contribution >= 4 is 5.78 Å². The summed E-state index contributed by atoms with van der Waals surface area (Å²) in [7, 11) is 0. The first-order valence-electron chi connectivity index (χ1n) is 8.13. The summed E-state index contributed by atoms with van der Waals surface area (Å²) in [5.74, 6) is 0.998. The molecule has 0 N–H and O–H groups in total. The highest BCUT2D eigenvalue weighted by molar-refractivity contribution is 5.95. The SMILES string of the molecule is CC[C@H](C)c1ccc(C(=O)Cn2nnc(-c3ccccc3)n2)cc1. The molecule has 2 aromatic carbocycles. The third-order valence-electron chi connectivity index (χ3n) is 4.18. The van der Waals surface area contributed by atoms with E-state index in [1.54, 1.807) is 0 Å². The molecular formula is C19H20N4O. The molecule has 0 saturated carbocycles. The highest BCUT2D eigenvalue weighted by Crippen LogP contribution is 2.19. The van der Waals surface area contributed by atoms with Gasteiger partial charge in [-0.3, -0.25) is 4.79 Å². The summed E-state index contributed by atoms with van der Waals surface area (Å²) < 4.78 is 0. The van der Waals surface area contributed by atoms with Crippen LogP contribution in [0.1, 0.15) is 42.1 Å². The summed E-state index contributed by atoms with van der Waals surface area (Å²) in [5.41, 5.74) is 2.80. The van der Waals surface area contributed by atoms with Crippen LogP contribution in [-0.2, 0) is 6.54 Å². The van der Waals surface area contributed by atoms with Crippen molar-refractivity contribution in [1.82, 2.24) is 20.2 Å². The van der Waals surface area contributed by atoms with Crippen molar-refractivity contribution in [2.45, 2.75) is 32.7 Å². The number of benzene rings is 2. The first-order valence-corrected chi connectivity index (χ1v) is 8.13. The van der Waals surface area contributed by atoms with Crippen LogP contribution in [0.15, 0.2) is 54.6 Å². The van der Waals surface area contributed by atoms with Gasteiger partial charge in [-0.1, -0.05) is 68.4 Å². The first kappa shape index (κ1) is 16.1. The van der Waals surface area contributed by atoms with E-state index < -0.39 is 0 Å². The fourth-order valence-electron chi connectivity index (χ4n) is 2.47. The van der Waals surface area contributed by atoms with Crippen LogP contribution in [0.2, 0.25) is 0 Å². The van der Waals surface area contributed by atoms with Gasteiger partial charge in [-0.2, -0.15) is 4.80 Å². The van der Waals surface area contributed by atoms with Gasteiger partial charge in [0.15, 0.2) is 5.78 Å². The third-order valence-corrected chi connectivity index (χ3v) is 4.18. The number of Topliss-reactive ketones (excluding diaryl/α,β-unsaturated/α-hetero) is 1. The summed E-state index contributed by atoms with van der Waals surface area (Å²) in [5, 5.41) is 12.3. The lowest BCUT2D eigenvalue weighted by Gasteiger charge is -2.09. The van der Waals surface area contributed by atoms with Crippen LogP contribution < -0.4 is 0 Å². The van der Waals surface area contributed by atoms with Gasteiger partial charge in [0.2, 0.25) is 5.82 Å². The van der Waals surface area contributed by atoms with Crippen LogP contribution in [0.5, 0.6) is 0 Å². The van der Waals surface area contributed by atoms with Crippen LogP contribution in [0.4, 0.5) is 0 Å². The molecule has 0 amide bonds. The van der Waals surface area contributed by atoms with Gasteiger partial charge in [-0.25, -0.2) is 0 Å². The van der Waals surface area contributed by atoms with E-state index in [1.165, 1.54) is 10.4 Å². The molecule has 0 bridgehead atoms. The Labute approximate surface area is 141 Å². The summed E-state index contributed by atoms with van der Waals surface area (Å²) >= 11 is 0. The zero-order valence-corrected chi connectivity index (χ0v) is 13.9. The van der Waals surface area contributed by atoms with E-state index in [0.717, 1.165) is 12.0 Å². The van der Waals surface area contributed by atoms with Crippen molar-refractivity contribution in [2.75, 3.05) is 0 Å². The minimum atomic E-state index is -0.0253. The van der Waals surface area contributed by atoms with E-state index in [4.69, 9.17) is 0 Å². The average molecular weight is 320 g/mol. The molecule has 0 aliphatic carbocycles. The second kappa shape index (κ2) is 7.17. The molecule has 3 rings (SSSR count). The fraction of sp³-hybridized carbons (Fsp3) is 0.263. The van der Waals surface area contributed by atoms with Gasteiger partial charge >= 0.3 is 0 Å². The smallest absolute Gasteiger partial charge is 0.204 e. The molecule has 0 spiro atoms. The quantitative estimate of drug-likeness (QED) is 0.649. The van der Waals surface area contributed by atoms with E-state index in [9.17, 15) is 4.79 Å². The lowest BCUT2D eigenvalue weighted by molar-refractivity contribution is 0.0961. The average Bonchev–Trinajstić information content (AvgIpc) is 3.10. The third kappa shape index (κ3) is 3.56. The van der Waals surface area contributed by atoms with E-state index in [2.05, 4.69) is 29.3 Å². The predicted molar refractivity (Wildman–Crippen MR) is 92.7 cm³/mol. The van der Waals surface area contributed by atoms with Gasteiger partial charge in [-0.15, -0.1) is 10.2 Å². The van der Waals surface area contributed by atoms with E-state index in [1.807, 2.05) is 54.6 Å². The van der Waals surface area contributed by atoms with Gasteiger partial charge in [0.25, 0.3) is 0 Å². The number of hydrogen-bond acceptors (Lipinski definition) is 4. The molecule has 1 atom stereocenters. The number of nitrogens with zero attached hydrogens (tertiary/aromatic N) is 4. The van der Waals surface area contributed by atoms with Crippen LogP contribution in [0, 0.1) is 0 Å². The monoisotopic (exact) mass is 320 g/mol. The molecule has 1 heterocycles. The Balaban J connectivity index is 1.70. The maximum atomic E-state index is 12.4. The molecule has 5 heteroatoms. The number of carbonyl (C=O) groups excluding carboxylic acids is 1. The molecule has 0 unspecified atom stereocenters. The van der Waals surface area contributed by atoms with Gasteiger partial charge in [0, 0.05) is 11.1 Å². The molecule has 24 heavy (non-hydrogen) atoms. The van der Waals surface area contributed by atoms with Crippen LogP contribution in [0.3, 0.4) is 0 Å². The Morgan fingerprint density at radius 2 is 1.79 bits per heavy atom. The van der Waals surface area contributed by atoms with Crippen molar-refractivity contribution < 1.29 is 4.79 Å². The number of carbonyl (C=O) groups is 1. The van der Waals surface area contributed by atoms with Crippen molar-refractivity contribution in [2.24, 2.45) is 0 Å². The van der Waals surface area contributed by atoms with E-state index >= 15 is 0 Å². The van der Waals surface area contributed by atoms with Gasteiger partial charge in [0.05, 0.1) is 0 Å². The maximum absolute atomic E-state index is 12.4. The van der Waals surface area contributed by atoms with Crippen LogP contribution >= 0.6 is 0 Å². The Morgan fingerprint density at radius 1 is 1.08 bits per heavy atom. The molecule has 1 aromatic heterocycles. The summed E-state index contributed by atoms with van der Waals surface area (Å²) in [6.45, 7) is 4.42. The van der Waals surface area contributed by atoms with Crippen LogP contribution in [-0.4, -0.2) is 26.0 Å². The van der Waals surface area contributed by atoms with Gasteiger partial charge in [0.1, 0.15) is 6.54 Å². The predicted octanol–water partition coefficient (Wildman–Crippen LogP) is 3.74. The summed E-state index contributed by atoms with van der Waals surface area (Å²) in [6.07, 6.45) is 1.08. The lowest BCUT2D eigenvalue weighted by atomic mass is 9.97. The van der Waals surface area contributed by atoms with Gasteiger partial charge < -0.3 is 0 Å². The highest BCUT2D eigenvalue weighted by atomic mass is 16.1. The largest absolute Gasteiger partial charge is 0.292 e. The molecule has 0 aliphatic rings. The summed E-state index contributed by atoms with van der Waals surface area (Å²) in [4.78, 5) is 13.7. The molecular weight excluding hydrogens is 300 g/mol. The zero-order valence-electron chi connectivity index (χ0n) is 13.9. The maximum Gasteiger partial charge on any atom is 0.204 e. The van der Waals surface area contributed by atoms with E-state index in [-0.39, 0.29) is 12.3 Å². The lowest BCUT2D eigenvalue weighted by Crippen LogP contribution is -2.13. The molecule has 0 fully saturated rings. The Kier molecular flexibility index (Phi) is 4.79. The number of hydrogen-bond donors (Lipinski definition) is 0. The van der Waals surface area contributed by atoms with Crippen molar-refractivity contribution in [1.29, 1.82) is 0 Å². The molecule has 5 nitrogen and oxygen atoms in total. The van der Waals surface area contributed by atoms with E-state index in [0.29, 0.717) is 17.3 Å². The van der Waals surface area contributed by atoms with Crippen molar-refractivity contribution in [3.8, 4) is 11.4 Å². The van der Waals surface area contributed by atoms with Crippen molar-refractivity contribution in [3.05, 3.63) is 65.7 Å². The number of tetrazole rings is 1. The molecule has 0 radical (unpaired) electrons. The molecule has 0 aliphatic heterocycles.